The van der Waals surface area contributed by atoms with Crippen molar-refractivity contribution in [2.75, 3.05) is 11.9 Å². The smallest absolute Gasteiger partial charge is 0.251 e. The first-order valence-electron chi connectivity index (χ1n) is 7.80. The second kappa shape index (κ2) is 8.96. The Labute approximate surface area is 154 Å². The number of amides is 3. The molecule has 0 saturated heterocycles. The lowest BCUT2D eigenvalue weighted by Gasteiger charge is -2.08. The molecule has 0 heterocycles. The molecule has 136 valence electrons. The minimum Gasteiger partial charge on any atom is -0.366 e. The Balaban J connectivity index is 1.76. The van der Waals surface area contributed by atoms with Crippen LogP contribution in [0.4, 0.5) is 10.1 Å². The van der Waals surface area contributed by atoms with E-state index in [1.807, 2.05) is 0 Å². The molecule has 0 aromatic heterocycles. The van der Waals surface area contributed by atoms with Crippen molar-refractivity contribution in [1.29, 1.82) is 0 Å². The number of carbonyl (C=O) groups excluding carboxylic acids is 3. The van der Waals surface area contributed by atoms with Gasteiger partial charge in [-0.25, -0.2) is 4.39 Å². The number of hydrogen-bond donors (Lipinski definition) is 3. The summed E-state index contributed by atoms with van der Waals surface area (Å²) in [6, 6.07) is 9.99. The van der Waals surface area contributed by atoms with Crippen LogP contribution in [0.25, 0.3) is 0 Å². The Hall–Kier alpha value is -2.93. The van der Waals surface area contributed by atoms with E-state index in [9.17, 15) is 18.8 Å². The number of benzene rings is 2. The summed E-state index contributed by atoms with van der Waals surface area (Å²) in [5.74, 6) is -2.17. The summed E-state index contributed by atoms with van der Waals surface area (Å²) in [6.45, 7) is 0.290. The van der Waals surface area contributed by atoms with E-state index in [0.717, 1.165) is 6.07 Å². The number of nitrogens with two attached hydrogens (primary N) is 1. The summed E-state index contributed by atoms with van der Waals surface area (Å²) < 4.78 is 13.8. The van der Waals surface area contributed by atoms with Crippen molar-refractivity contribution in [3.05, 3.63) is 64.4 Å². The molecule has 0 bridgehead atoms. The van der Waals surface area contributed by atoms with Gasteiger partial charge in [-0.2, -0.15) is 0 Å². The highest BCUT2D eigenvalue weighted by atomic mass is 35.5. The van der Waals surface area contributed by atoms with Crippen molar-refractivity contribution in [2.45, 2.75) is 12.8 Å². The van der Waals surface area contributed by atoms with Crippen LogP contribution in [0.1, 0.15) is 33.6 Å². The van der Waals surface area contributed by atoms with Gasteiger partial charge in [-0.1, -0.05) is 11.6 Å². The molecule has 4 N–H and O–H groups in total. The molecule has 2 aromatic carbocycles. The van der Waals surface area contributed by atoms with Crippen molar-refractivity contribution in [3.63, 3.8) is 0 Å². The summed E-state index contributed by atoms with van der Waals surface area (Å²) in [5, 5.41) is 5.63. The van der Waals surface area contributed by atoms with Gasteiger partial charge in [0, 0.05) is 29.1 Å². The van der Waals surface area contributed by atoms with Gasteiger partial charge in [0.1, 0.15) is 5.82 Å². The quantitative estimate of drug-likeness (QED) is 0.646. The van der Waals surface area contributed by atoms with E-state index in [0.29, 0.717) is 17.0 Å². The largest absolute Gasteiger partial charge is 0.366 e. The van der Waals surface area contributed by atoms with Crippen LogP contribution in [0.2, 0.25) is 5.02 Å². The number of rotatable bonds is 7. The highest BCUT2D eigenvalue weighted by Crippen LogP contribution is 2.16. The Bertz CT molecular complexity index is 825. The number of hydrogen-bond acceptors (Lipinski definition) is 3. The van der Waals surface area contributed by atoms with E-state index in [1.54, 1.807) is 24.3 Å². The number of nitrogens with one attached hydrogen (secondary N) is 2. The van der Waals surface area contributed by atoms with Crippen LogP contribution < -0.4 is 16.4 Å². The van der Waals surface area contributed by atoms with Crippen molar-refractivity contribution in [3.8, 4) is 0 Å². The Kier molecular flexibility index (Phi) is 6.68. The minimum atomic E-state index is -0.752. The Morgan fingerprint density at radius 1 is 1.04 bits per heavy atom. The molecule has 0 unspecified atom stereocenters. The molecule has 2 aromatic rings. The third-order valence-corrected chi connectivity index (χ3v) is 3.75. The van der Waals surface area contributed by atoms with E-state index in [4.69, 9.17) is 17.3 Å². The zero-order valence-electron chi connectivity index (χ0n) is 13.7. The molecular formula is C18H17ClFN3O3. The molecule has 3 amide bonds. The first-order chi connectivity index (χ1) is 12.4. The molecule has 0 fully saturated rings. The van der Waals surface area contributed by atoms with Crippen LogP contribution in [0.15, 0.2) is 42.5 Å². The highest BCUT2D eigenvalue weighted by Gasteiger charge is 2.10. The fourth-order valence-corrected chi connectivity index (χ4v) is 2.26. The molecule has 0 spiro atoms. The molecule has 2 rings (SSSR count). The van der Waals surface area contributed by atoms with Gasteiger partial charge in [0.05, 0.1) is 5.69 Å². The second-order valence-corrected chi connectivity index (χ2v) is 5.91. The zero-order valence-corrected chi connectivity index (χ0v) is 14.5. The predicted octanol–water partition coefficient (Wildman–Crippen LogP) is 2.73. The van der Waals surface area contributed by atoms with Gasteiger partial charge in [0.2, 0.25) is 11.8 Å². The first-order valence-corrected chi connectivity index (χ1v) is 8.17. The van der Waals surface area contributed by atoms with Crippen molar-refractivity contribution >= 4 is 35.0 Å². The summed E-state index contributed by atoms with van der Waals surface area (Å²) in [4.78, 5) is 34.7. The van der Waals surface area contributed by atoms with Crippen LogP contribution in [-0.4, -0.2) is 24.3 Å². The lowest BCUT2D eigenvalue weighted by atomic mass is 10.2. The third-order valence-electron chi connectivity index (χ3n) is 3.50. The summed E-state index contributed by atoms with van der Waals surface area (Å²) in [5.41, 5.74) is 5.50. The maximum Gasteiger partial charge on any atom is 0.251 e. The van der Waals surface area contributed by atoms with Crippen molar-refractivity contribution in [1.82, 2.24) is 5.32 Å². The van der Waals surface area contributed by atoms with E-state index in [2.05, 4.69) is 10.6 Å². The van der Waals surface area contributed by atoms with E-state index in [1.165, 1.54) is 12.1 Å². The molecular weight excluding hydrogens is 361 g/mol. The van der Waals surface area contributed by atoms with Crippen LogP contribution in [-0.2, 0) is 4.79 Å². The second-order valence-electron chi connectivity index (χ2n) is 5.47. The van der Waals surface area contributed by atoms with Gasteiger partial charge in [-0.05, 0) is 48.9 Å². The number of anilines is 1. The molecule has 0 atom stereocenters. The highest BCUT2D eigenvalue weighted by molar-refractivity contribution is 6.30. The number of primary amides is 1. The van der Waals surface area contributed by atoms with Gasteiger partial charge < -0.3 is 16.4 Å². The zero-order chi connectivity index (χ0) is 19.1. The molecule has 0 radical (unpaired) electrons. The SMILES string of the molecule is NC(=O)c1ccc(NC(=O)CCCNC(=O)c2ccc(Cl)cc2)c(F)c1. The van der Waals surface area contributed by atoms with E-state index >= 15 is 0 Å². The molecule has 26 heavy (non-hydrogen) atoms. The van der Waals surface area contributed by atoms with Crippen LogP contribution in [0.3, 0.4) is 0 Å². The first kappa shape index (κ1) is 19.4. The topological polar surface area (TPSA) is 101 Å². The number of carbonyl (C=O) groups is 3. The number of halogens is 2. The molecule has 0 aliphatic heterocycles. The minimum absolute atomic E-state index is 0.0189. The van der Waals surface area contributed by atoms with Gasteiger partial charge in [0.15, 0.2) is 0 Å². The molecule has 0 saturated carbocycles. The average molecular weight is 378 g/mol. The Morgan fingerprint density at radius 3 is 2.31 bits per heavy atom. The van der Waals surface area contributed by atoms with Gasteiger partial charge in [-0.3, -0.25) is 14.4 Å². The molecule has 0 aliphatic carbocycles. The fourth-order valence-electron chi connectivity index (χ4n) is 2.14. The molecule has 0 aliphatic rings. The maximum atomic E-state index is 13.8. The summed E-state index contributed by atoms with van der Waals surface area (Å²) in [6.07, 6.45) is 0.476. The lowest BCUT2D eigenvalue weighted by molar-refractivity contribution is -0.116. The van der Waals surface area contributed by atoms with Gasteiger partial charge >= 0.3 is 0 Å². The van der Waals surface area contributed by atoms with Crippen molar-refractivity contribution < 1.29 is 18.8 Å². The van der Waals surface area contributed by atoms with Crippen LogP contribution >= 0.6 is 11.6 Å². The Morgan fingerprint density at radius 2 is 1.69 bits per heavy atom. The maximum absolute atomic E-state index is 13.8. The fraction of sp³-hybridized carbons (Fsp3) is 0.167. The third kappa shape index (κ3) is 5.56. The van der Waals surface area contributed by atoms with E-state index < -0.39 is 17.6 Å². The normalized spacial score (nSPS) is 10.2. The summed E-state index contributed by atoms with van der Waals surface area (Å²) >= 11 is 5.75. The van der Waals surface area contributed by atoms with Crippen LogP contribution in [0.5, 0.6) is 0 Å². The predicted molar refractivity (Wildman–Crippen MR) is 96.6 cm³/mol. The summed E-state index contributed by atoms with van der Waals surface area (Å²) in [7, 11) is 0. The molecule has 8 heteroatoms. The standard InChI is InChI=1S/C18H17ClFN3O3/c19-13-6-3-11(4-7-13)18(26)22-9-1-2-16(24)23-15-8-5-12(17(21)25)10-14(15)20/h3-8,10H,1-2,9H2,(H2,21,25)(H,22,26)(H,23,24). The van der Waals surface area contributed by atoms with Crippen LogP contribution in [0, 0.1) is 5.82 Å². The van der Waals surface area contributed by atoms with E-state index in [-0.39, 0.29) is 30.1 Å². The lowest BCUT2D eigenvalue weighted by Crippen LogP contribution is -2.25. The molecule has 6 nitrogen and oxygen atoms in total. The van der Waals surface area contributed by atoms with Crippen molar-refractivity contribution in [2.24, 2.45) is 5.73 Å². The van der Waals surface area contributed by atoms with Gasteiger partial charge in [-0.15, -0.1) is 0 Å². The average Bonchev–Trinajstić information content (AvgIpc) is 2.60. The van der Waals surface area contributed by atoms with Gasteiger partial charge in [0.25, 0.3) is 5.91 Å². The monoisotopic (exact) mass is 377 g/mol.